The molecule has 0 aliphatic rings. The van der Waals surface area contributed by atoms with Crippen LogP contribution in [0.3, 0.4) is 0 Å². The van der Waals surface area contributed by atoms with Gasteiger partial charge in [-0.3, -0.25) is 0 Å². The fraction of sp³-hybridized carbons (Fsp3) is 0.0400. The van der Waals surface area contributed by atoms with Crippen molar-refractivity contribution in [3.63, 3.8) is 0 Å². The maximum Gasteiger partial charge on any atom is 0.0434 e. The van der Waals surface area contributed by atoms with E-state index >= 15 is 0 Å². The topological polar surface area (TPSA) is 0 Å². The Morgan fingerprint density at radius 1 is 0.538 bits per heavy atom. The van der Waals surface area contributed by atoms with Crippen molar-refractivity contribution in [1.82, 2.24) is 0 Å². The first kappa shape index (κ1) is 15.4. The highest BCUT2D eigenvalue weighted by Gasteiger charge is 2.13. The van der Waals surface area contributed by atoms with Crippen LogP contribution >= 0.6 is 11.3 Å². The van der Waals surface area contributed by atoms with E-state index in [2.05, 4.69) is 97.9 Å². The van der Waals surface area contributed by atoms with Gasteiger partial charge in [-0.15, -0.1) is 11.3 Å². The van der Waals surface area contributed by atoms with Crippen LogP contribution in [-0.2, 0) is 0 Å². The van der Waals surface area contributed by atoms with Gasteiger partial charge in [0.1, 0.15) is 0 Å². The molecule has 0 N–H and O–H groups in total. The van der Waals surface area contributed by atoms with E-state index in [9.17, 15) is 0 Å². The SMILES string of the molecule is Cc1cccc(-c2cccc3c2sc2c(-c4ccccc4)cccc23)c1. The summed E-state index contributed by atoms with van der Waals surface area (Å²) in [5.74, 6) is 0. The summed E-state index contributed by atoms with van der Waals surface area (Å²) in [6.45, 7) is 2.15. The number of aryl methyl sites for hydroxylation is 1. The lowest BCUT2D eigenvalue weighted by atomic mass is 9.99. The van der Waals surface area contributed by atoms with E-state index in [-0.39, 0.29) is 0 Å². The first-order valence-corrected chi connectivity index (χ1v) is 9.69. The Bertz CT molecular complexity index is 1230. The van der Waals surface area contributed by atoms with Crippen LogP contribution < -0.4 is 0 Å². The van der Waals surface area contributed by atoms with Crippen LogP contribution in [-0.4, -0.2) is 0 Å². The molecule has 4 aromatic carbocycles. The highest BCUT2D eigenvalue weighted by Crippen LogP contribution is 2.43. The minimum absolute atomic E-state index is 1.28. The average molecular weight is 350 g/mol. The molecule has 5 rings (SSSR count). The summed E-state index contributed by atoms with van der Waals surface area (Å²) in [5, 5.41) is 2.70. The maximum absolute atomic E-state index is 2.28. The molecule has 5 aromatic rings. The van der Waals surface area contributed by atoms with Crippen LogP contribution in [0.4, 0.5) is 0 Å². The molecule has 0 aliphatic carbocycles. The third-order valence-electron chi connectivity index (χ3n) is 4.94. The van der Waals surface area contributed by atoms with Crippen molar-refractivity contribution in [2.75, 3.05) is 0 Å². The summed E-state index contributed by atoms with van der Waals surface area (Å²) >= 11 is 1.91. The van der Waals surface area contributed by atoms with Crippen molar-refractivity contribution in [2.24, 2.45) is 0 Å². The number of benzene rings is 4. The van der Waals surface area contributed by atoms with Crippen molar-refractivity contribution in [3.8, 4) is 22.3 Å². The third kappa shape index (κ3) is 2.44. The molecule has 1 heteroatoms. The van der Waals surface area contributed by atoms with Gasteiger partial charge in [-0.05, 0) is 29.2 Å². The van der Waals surface area contributed by atoms with Crippen molar-refractivity contribution in [1.29, 1.82) is 0 Å². The zero-order chi connectivity index (χ0) is 17.5. The standard InChI is InChI=1S/C25H18S/c1-17-8-5-11-19(16-17)21-13-7-15-23-22-14-6-12-20(24(22)26-25(21)23)18-9-3-2-4-10-18/h2-16H,1H3. The molecule has 0 saturated carbocycles. The average Bonchev–Trinajstić information content (AvgIpc) is 3.07. The molecule has 0 fully saturated rings. The van der Waals surface area contributed by atoms with Gasteiger partial charge >= 0.3 is 0 Å². The molecule has 1 heterocycles. The summed E-state index contributed by atoms with van der Waals surface area (Å²) in [6.07, 6.45) is 0. The van der Waals surface area contributed by atoms with Crippen LogP contribution in [0.5, 0.6) is 0 Å². The van der Waals surface area contributed by atoms with Gasteiger partial charge in [0, 0.05) is 20.2 Å². The van der Waals surface area contributed by atoms with E-state index in [4.69, 9.17) is 0 Å². The smallest absolute Gasteiger partial charge is 0.0434 e. The first-order valence-electron chi connectivity index (χ1n) is 8.88. The quantitative estimate of drug-likeness (QED) is 0.306. The monoisotopic (exact) mass is 350 g/mol. The van der Waals surface area contributed by atoms with Crippen LogP contribution in [0.1, 0.15) is 5.56 Å². The molecule has 0 aliphatic heterocycles. The second-order valence-corrected chi connectivity index (χ2v) is 7.72. The molecule has 0 spiro atoms. The van der Waals surface area contributed by atoms with Crippen LogP contribution in [0.25, 0.3) is 42.4 Å². The lowest BCUT2D eigenvalue weighted by Crippen LogP contribution is -1.79. The van der Waals surface area contributed by atoms with Gasteiger partial charge < -0.3 is 0 Å². The van der Waals surface area contributed by atoms with Gasteiger partial charge in [-0.25, -0.2) is 0 Å². The number of thiophene rings is 1. The number of hydrogen-bond acceptors (Lipinski definition) is 1. The minimum Gasteiger partial charge on any atom is -0.134 e. The highest BCUT2D eigenvalue weighted by molar-refractivity contribution is 7.26. The molecule has 0 amide bonds. The summed E-state index contributed by atoms with van der Waals surface area (Å²) in [7, 11) is 0. The van der Waals surface area contributed by atoms with Crippen LogP contribution in [0.15, 0.2) is 91.0 Å². The lowest BCUT2D eigenvalue weighted by molar-refractivity contribution is 1.47. The normalized spacial score (nSPS) is 11.3. The number of fused-ring (bicyclic) bond motifs is 3. The molecule has 1 aromatic heterocycles. The van der Waals surface area contributed by atoms with Crippen LogP contribution in [0, 0.1) is 6.92 Å². The van der Waals surface area contributed by atoms with Crippen molar-refractivity contribution in [3.05, 3.63) is 96.6 Å². The van der Waals surface area contributed by atoms with Gasteiger partial charge in [0.25, 0.3) is 0 Å². The van der Waals surface area contributed by atoms with Gasteiger partial charge in [-0.1, -0.05) is 96.6 Å². The predicted molar refractivity (Wildman–Crippen MR) is 115 cm³/mol. The van der Waals surface area contributed by atoms with E-state index in [1.807, 2.05) is 11.3 Å². The summed E-state index contributed by atoms with van der Waals surface area (Å²) < 4.78 is 2.74. The molecule has 0 bridgehead atoms. The maximum atomic E-state index is 2.28. The molecule has 0 radical (unpaired) electrons. The van der Waals surface area contributed by atoms with Crippen molar-refractivity contribution >= 4 is 31.5 Å². The van der Waals surface area contributed by atoms with E-state index in [1.165, 1.54) is 48.0 Å². The molecule has 124 valence electrons. The highest BCUT2D eigenvalue weighted by atomic mass is 32.1. The second kappa shape index (κ2) is 6.12. The van der Waals surface area contributed by atoms with E-state index in [0.717, 1.165) is 0 Å². The predicted octanol–water partition coefficient (Wildman–Crippen LogP) is 7.70. The largest absolute Gasteiger partial charge is 0.134 e. The molecule has 0 nitrogen and oxygen atoms in total. The summed E-state index contributed by atoms with van der Waals surface area (Å²) in [4.78, 5) is 0. The minimum atomic E-state index is 1.28. The van der Waals surface area contributed by atoms with E-state index < -0.39 is 0 Å². The second-order valence-electron chi connectivity index (χ2n) is 6.70. The van der Waals surface area contributed by atoms with Crippen molar-refractivity contribution in [2.45, 2.75) is 6.92 Å². The zero-order valence-corrected chi connectivity index (χ0v) is 15.4. The van der Waals surface area contributed by atoms with Gasteiger partial charge in [-0.2, -0.15) is 0 Å². The zero-order valence-electron chi connectivity index (χ0n) is 14.6. The van der Waals surface area contributed by atoms with Crippen molar-refractivity contribution < 1.29 is 0 Å². The fourth-order valence-electron chi connectivity index (χ4n) is 3.71. The number of rotatable bonds is 2. The Labute approximate surface area is 157 Å². The Hall–Kier alpha value is -2.90. The molecule has 0 unspecified atom stereocenters. The Morgan fingerprint density at radius 3 is 1.77 bits per heavy atom. The Kier molecular flexibility index (Phi) is 3.62. The van der Waals surface area contributed by atoms with Gasteiger partial charge in [0.2, 0.25) is 0 Å². The van der Waals surface area contributed by atoms with Gasteiger partial charge in [0.15, 0.2) is 0 Å². The summed E-state index contributed by atoms with van der Waals surface area (Å²) in [5.41, 5.74) is 6.52. The fourth-order valence-corrected chi connectivity index (χ4v) is 5.08. The van der Waals surface area contributed by atoms with Crippen LogP contribution in [0.2, 0.25) is 0 Å². The molecule has 26 heavy (non-hydrogen) atoms. The van der Waals surface area contributed by atoms with Gasteiger partial charge in [0.05, 0.1) is 0 Å². The first-order chi connectivity index (χ1) is 12.8. The molecule has 0 saturated heterocycles. The number of hydrogen-bond donors (Lipinski definition) is 0. The Balaban J connectivity index is 1.84. The Morgan fingerprint density at radius 2 is 1.12 bits per heavy atom. The summed E-state index contributed by atoms with van der Waals surface area (Å²) in [6, 6.07) is 32.8. The molecule has 0 atom stereocenters. The van der Waals surface area contributed by atoms with E-state index in [1.54, 1.807) is 0 Å². The van der Waals surface area contributed by atoms with E-state index in [0.29, 0.717) is 0 Å². The lowest BCUT2D eigenvalue weighted by Gasteiger charge is -2.04. The molecular formula is C25H18S. The molecular weight excluding hydrogens is 332 g/mol. The third-order valence-corrected chi connectivity index (χ3v) is 6.23.